The number of hydrogen-bond donors (Lipinski definition) is 0. The summed E-state index contributed by atoms with van der Waals surface area (Å²) in [5.74, 6) is -5.41. The molecule has 3 aliphatic rings. The van der Waals surface area contributed by atoms with Crippen molar-refractivity contribution in [2.75, 3.05) is 39.6 Å². The first-order chi connectivity index (χ1) is 43.4. The van der Waals surface area contributed by atoms with Gasteiger partial charge in [0.15, 0.2) is 0 Å². The molecule has 3 aromatic rings. The number of nitrogens with zero attached hydrogens (tertiary/aromatic N) is 2. The van der Waals surface area contributed by atoms with E-state index in [1.807, 2.05) is 19.1 Å². The molecule has 0 aromatic heterocycles. The summed E-state index contributed by atoms with van der Waals surface area (Å²) in [4.78, 5) is 126. The van der Waals surface area contributed by atoms with Crippen molar-refractivity contribution in [3.8, 4) is 29.1 Å². The number of benzene rings is 3. The zero-order chi connectivity index (χ0) is 66.5. The van der Waals surface area contributed by atoms with Crippen molar-refractivity contribution in [2.24, 2.45) is 34.5 Å². The Hall–Kier alpha value is -8.74. The molecule has 24 heteroatoms. The van der Waals surface area contributed by atoms with Gasteiger partial charge in [-0.05, 0) is 99.7 Å². The summed E-state index contributed by atoms with van der Waals surface area (Å²) in [6.45, 7) is 23.8. The molecular formula is C67H76N2O20S2. The minimum Gasteiger partial charge on any atom is -0.466 e. The molecule has 0 spiro atoms. The molecule has 486 valence electrons. The lowest BCUT2D eigenvalue weighted by atomic mass is 9.82. The average Bonchev–Trinajstić information content (AvgIpc) is 1.69. The van der Waals surface area contributed by atoms with Gasteiger partial charge in [-0.2, -0.15) is 0 Å². The van der Waals surface area contributed by atoms with Crippen LogP contribution in [-0.2, 0) is 82.8 Å². The Kier molecular flexibility index (Phi) is 29.5. The van der Waals surface area contributed by atoms with Gasteiger partial charge in [-0.15, -0.1) is 0 Å². The third-order valence-electron chi connectivity index (χ3n) is 14.1. The van der Waals surface area contributed by atoms with Crippen molar-refractivity contribution in [3.63, 3.8) is 0 Å². The lowest BCUT2D eigenvalue weighted by Gasteiger charge is -2.26. The molecule has 1 aliphatic heterocycles. The molecule has 6 rings (SSSR count). The topological polar surface area (TPSA) is 291 Å². The maximum absolute atomic E-state index is 13.6. The number of nitriles is 1. The number of esters is 10. The predicted molar refractivity (Wildman–Crippen MR) is 330 cm³/mol. The van der Waals surface area contributed by atoms with Gasteiger partial charge in [0.2, 0.25) is 0 Å². The van der Waals surface area contributed by atoms with Crippen molar-refractivity contribution < 1.29 is 95.3 Å². The average molecular weight is 1290 g/mol. The first kappa shape index (κ1) is 73.0. The summed E-state index contributed by atoms with van der Waals surface area (Å²) in [6, 6.07) is 20.5. The molecule has 1 heterocycles. The minimum atomic E-state index is -0.618. The number of allylic oxidation sites excluding steroid dienone is 1. The van der Waals surface area contributed by atoms with E-state index in [1.165, 1.54) is 12.1 Å². The molecule has 0 atom stereocenters. The van der Waals surface area contributed by atoms with Crippen LogP contribution in [0.2, 0.25) is 0 Å². The van der Waals surface area contributed by atoms with Crippen LogP contribution in [0.1, 0.15) is 124 Å². The normalized spacial score (nSPS) is 17.1. The summed E-state index contributed by atoms with van der Waals surface area (Å²) in [5, 5.41) is 9.63. The van der Waals surface area contributed by atoms with E-state index in [4.69, 9.17) is 53.9 Å². The van der Waals surface area contributed by atoms with Crippen molar-refractivity contribution in [1.82, 2.24) is 0 Å². The van der Waals surface area contributed by atoms with E-state index in [0.29, 0.717) is 89.9 Å². The molecule has 0 saturated heterocycles. The minimum absolute atomic E-state index is 0.00137. The second-order valence-corrected chi connectivity index (χ2v) is 25.3. The van der Waals surface area contributed by atoms with E-state index < -0.39 is 82.3 Å². The van der Waals surface area contributed by atoms with E-state index >= 15 is 0 Å². The maximum atomic E-state index is 13.6. The highest BCUT2D eigenvalue weighted by atomic mass is 32.2. The third kappa shape index (κ3) is 25.2. The highest BCUT2D eigenvalue weighted by molar-refractivity contribution is 8.24. The third-order valence-corrected chi connectivity index (χ3v) is 16.7. The molecule has 2 aliphatic carbocycles. The molecule has 0 radical (unpaired) electrons. The largest absolute Gasteiger partial charge is 0.466 e. The first-order valence-corrected chi connectivity index (χ1v) is 31.3. The molecule has 0 amide bonds. The summed E-state index contributed by atoms with van der Waals surface area (Å²) >= 11 is 2.18. The number of carbonyl (C=O) groups excluding carboxylic acids is 10. The van der Waals surface area contributed by atoms with Crippen LogP contribution in [0.4, 0.5) is 0 Å². The van der Waals surface area contributed by atoms with Gasteiger partial charge in [-0.3, -0.25) is 38.4 Å². The van der Waals surface area contributed by atoms with Crippen molar-refractivity contribution >= 4 is 83.2 Å². The monoisotopic (exact) mass is 1290 g/mol. The number of ether oxygens (including phenoxy) is 10. The van der Waals surface area contributed by atoms with Gasteiger partial charge in [0.1, 0.15) is 23.0 Å². The summed E-state index contributed by atoms with van der Waals surface area (Å²) < 4.78 is 53.7. The second-order valence-electron chi connectivity index (χ2n) is 23.0. The van der Waals surface area contributed by atoms with E-state index in [-0.39, 0.29) is 87.8 Å². The Bertz CT molecular complexity index is 3200. The molecule has 2 saturated carbocycles. The predicted octanol–water partition coefficient (Wildman–Crippen LogP) is 11.3. The zero-order valence-electron chi connectivity index (χ0n) is 51.7. The van der Waals surface area contributed by atoms with Crippen LogP contribution >= 0.6 is 23.5 Å². The van der Waals surface area contributed by atoms with Crippen LogP contribution in [-0.4, -0.2) is 99.3 Å². The molecule has 0 bridgehead atoms. The van der Waals surface area contributed by atoms with E-state index in [1.54, 1.807) is 76.2 Å². The lowest BCUT2D eigenvalue weighted by molar-refractivity contribution is -0.154. The number of fused-ring (bicyclic) bond motifs is 1. The highest BCUT2D eigenvalue weighted by Gasteiger charge is 2.37. The maximum Gasteiger partial charge on any atom is 0.330 e. The fourth-order valence-corrected chi connectivity index (χ4v) is 11.4. The molecule has 0 unspecified atom stereocenters. The van der Waals surface area contributed by atoms with Crippen molar-refractivity contribution in [1.29, 1.82) is 5.26 Å². The Balaban J connectivity index is 0.000000611. The van der Waals surface area contributed by atoms with Gasteiger partial charge in [-0.1, -0.05) is 102 Å². The van der Waals surface area contributed by atoms with Crippen molar-refractivity contribution in [3.05, 3.63) is 119 Å². The second kappa shape index (κ2) is 36.8. The van der Waals surface area contributed by atoms with Crippen LogP contribution in [0.3, 0.4) is 0 Å². The van der Waals surface area contributed by atoms with Gasteiger partial charge in [0, 0.05) is 29.4 Å². The lowest BCUT2D eigenvalue weighted by Crippen LogP contribution is -2.30. The smallest absolute Gasteiger partial charge is 0.330 e. The van der Waals surface area contributed by atoms with Gasteiger partial charge in [0.25, 0.3) is 5.70 Å². The highest BCUT2D eigenvalue weighted by Crippen LogP contribution is 2.59. The molecule has 2 fully saturated rings. The Morgan fingerprint density at radius 1 is 0.527 bits per heavy atom. The van der Waals surface area contributed by atoms with Gasteiger partial charge < -0.3 is 47.4 Å². The van der Waals surface area contributed by atoms with E-state index in [0.717, 1.165) is 47.7 Å². The summed E-state index contributed by atoms with van der Waals surface area (Å²) in [6.07, 6.45) is 6.21. The molecule has 3 aromatic carbocycles. The van der Waals surface area contributed by atoms with Gasteiger partial charge in [-0.25, -0.2) is 19.7 Å². The number of para-hydroxylation sites is 1. The zero-order valence-corrected chi connectivity index (χ0v) is 53.4. The quantitative estimate of drug-likeness (QED) is 0.0156. The van der Waals surface area contributed by atoms with Gasteiger partial charge >= 0.3 is 59.7 Å². The fraction of sp³-hybridized carbons (Fsp3) is 0.463. The summed E-state index contributed by atoms with van der Waals surface area (Å²) in [7, 11) is 0. The number of carbonyl (C=O) groups is 10. The Morgan fingerprint density at radius 2 is 0.890 bits per heavy atom. The summed E-state index contributed by atoms with van der Waals surface area (Å²) in [5.41, 5.74) is -0.447. The Labute approximate surface area is 537 Å². The van der Waals surface area contributed by atoms with Crippen LogP contribution in [0.5, 0.6) is 23.0 Å². The molecule has 0 N–H and O–H groups in total. The van der Waals surface area contributed by atoms with Crippen LogP contribution in [0.25, 0.3) is 4.85 Å². The standard InChI is InChI=1S/C52H52N2O14S2.C15H24O6/c1-5-42(55)63-30-52(2,3)31-64-44(57)26-25-43(56)62-28-27-32-11-21-38(22-12-32)66-48(59)34-15-19-36(20-16-34)50(61)68-41-24-23-40(45-46(41)70-51(69-45)39(29-53)54-4)67-49(60)35-17-13-33(14-18-35)47(58)65-37-9-7-6-8-10-37;1-5-9-19-13(17)7-8-14(18)21-11-15(3,4)10-20-12(16)6-2/h5-12,21-24,33-36H,1,13-20,25-28,30-31H2,2-3H3;6H,2,5,7-11H2,1,3-4H3/b51-39+;. The number of rotatable bonds is 29. The molecule has 91 heavy (non-hydrogen) atoms. The van der Waals surface area contributed by atoms with E-state index in [9.17, 15) is 53.2 Å². The molecule has 22 nitrogen and oxygen atoms in total. The SMILES string of the molecule is C=CC(=O)OCC(C)(C)COC(=O)CCC(=O)OCCC.[C-]#[N+]/C(C#N)=C1\Sc2c(OC(=O)C3CCC(C(=O)Oc4ccccc4)CC3)ccc(OC(=O)C3CCC(C(=O)Oc4ccc(CCOC(=O)CCC(=O)OCC(C)(C)COC(=O)C=C)cc4)CC3)c2S1. The van der Waals surface area contributed by atoms with E-state index in [2.05, 4.69) is 18.0 Å². The number of thioether (sulfide) groups is 2. The van der Waals surface area contributed by atoms with Crippen LogP contribution < -0.4 is 18.9 Å². The first-order valence-electron chi connectivity index (χ1n) is 29.7. The van der Waals surface area contributed by atoms with Crippen molar-refractivity contribution in [2.45, 2.75) is 134 Å². The number of hydrogen-bond acceptors (Lipinski definition) is 23. The Morgan fingerprint density at radius 3 is 1.26 bits per heavy atom. The van der Waals surface area contributed by atoms with Crippen LogP contribution in [0, 0.1) is 52.4 Å². The molecular weight excluding hydrogens is 1220 g/mol. The van der Waals surface area contributed by atoms with Crippen LogP contribution in [0.15, 0.2) is 112 Å². The van der Waals surface area contributed by atoms with Gasteiger partial charge in [0.05, 0.1) is 116 Å². The fourth-order valence-electron chi connectivity index (χ4n) is 8.91.